The van der Waals surface area contributed by atoms with Gasteiger partial charge in [0.05, 0.1) is 17.2 Å². The molecule has 94 valence electrons. The van der Waals surface area contributed by atoms with Gasteiger partial charge in [-0.1, -0.05) is 11.6 Å². The summed E-state index contributed by atoms with van der Waals surface area (Å²) >= 11 is 5.83. The first-order chi connectivity index (χ1) is 8.61. The fourth-order valence-corrected chi connectivity index (χ4v) is 1.74. The molecule has 4 nitrogen and oxygen atoms in total. The van der Waals surface area contributed by atoms with E-state index in [1.165, 1.54) is 0 Å². The van der Waals surface area contributed by atoms with Crippen LogP contribution in [0.3, 0.4) is 0 Å². The summed E-state index contributed by atoms with van der Waals surface area (Å²) in [5.74, 6) is -0.611. The maximum atomic E-state index is 10.4. The van der Waals surface area contributed by atoms with Gasteiger partial charge in [-0.2, -0.15) is 0 Å². The molecule has 0 unspecified atom stereocenters. The molecule has 3 rings (SSSR count). The lowest BCUT2D eigenvalue weighted by Gasteiger charge is -1.93. The number of halogens is 1. The molecule has 0 atom stereocenters. The number of rotatable bonds is 2. The Morgan fingerprint density at radius 2 is 2.17 bits per heavy atom. The van der Waals surface area contributed by atoms with Crippen molar-refractivity contribution in [2.24, 2.45) is 5.92 Å². The molecule has 1 aromatic carbocycles. The number of carbonyl (C=O) groups is 2. The molecule has 1 aliphatic rings. The van der Waals surface area contributed by atoms with Crippen molar-refractivity contribution in [2.75, 3.05) is 0 Å². The Kier molecular flexibility index (Phi) is 3.67. The fraction of sp³-hybridized carbons (Fsp3) is 0.231. The van der Waals surface area contributed by atoms with Crippen LogP contribution in [0.4, 0.5) is 0 Å². The average Bonchev–Trinajstić information content (AvgIpc) is 3.09. The van der Waals surface area contributed by atoms with Gasteiger partial charge >= 0.3 is 5.97 Å². The lowest BCUT2D eigenvalue weighted by molar-refractivity contribution is -0.138. The molecule has 0 bridgehead atoms. The lowest BCUT2D eigenvalue weighted by Crippen LogP contribution is -1.94. The van der Waals surface area contributed by atoms with Crippen molar-refractivity contribution in [3.63, 3.8) is 0 Å². The van der Waals surface area contributed by atoms with Crippen molar-refractivity contribution in [1.82, 2.24) is 0 Å². The molecule has 1 aromatic heterocycles. The van der Waals surface area contributed by atoms with Crippen LogP contribution >= 0.6 is 11.6 Å². The Bertz CT molecular complexity index is 584. The number of carboxylic acids is 1. The van der Waals surface area contributed by atoms with E-state index in [4.69, 9.17) is 21.1 Å². The van der Waals surface area contributed by atoms with E-state index in [9.17, 15) is 9.59 Å². The summed E-state index contributed by atoms with van der Waals surface area (Å²) in [6.07, 6.45) is 4.11. The van der Waals surface area contributed by atoms with Crippen LogP contribution in [-0.2, 0) is 4.79 Å². The van der Waals surface area contributed by atoms with Gasteiger partial charge < -0.3 is 9.52 Å². The first-order valence-electron chi connectivity index (χ1n) is 5.46. The van der Waals surface area contributed by atoms with Crippen LogP contribution in [0.25, 0.3) is 11.0 Å². The zero-order chi connectivity index (χ0) is 13.1. The molecular formula is C13H11ClO4. The quantitative estimate of drug-likeness (QED) is 0.846. The summed E-state index contributed by atoms with van der Waals surface area (Å²) in [7, 11) is 0. The zero-order valence-corrected chi connectivity index (χ0v) is 10.2. The summed E-state index contributed by atoms with van der Waals surface area (Å²) in [5.41, 5.74) is 1.19. The van der Waals surface area contributed by atoms with E-state index in [0.717, 1.165) is 24.5 Å². The Morgan fingerprint density at radius 1 is 1.44 bits per heavy atom. The van der Waals surface area contributed by atoms with Gasteiger partial charge in [-0.3, -0.25) is 9.59 Å². The SMILES string of the molecule is O=C(O)C1CC1.O=Cc1cc(Cl)c2occc2c1. The molecular weight excluding hydrogens is 256 g/mol. The van der Waals surface area contributed by atoms with Crippen molar-refractivity contribution in [3.05, 3.63) is 35.0 Å². The summed E-state index contributed by atoms with van der Waals surface area (Å²) < 4.78 is 5.10. The smallest absolute Gasteiger partial charge is 0.306 e. The molecule has 0 amide bonds. The Morgan fingerprint density at radius 3 is 2.67 bits per heavy atom. The van der Waals surface area contributed by atoms with Crippen LogP contribution in [0.15, 0.2) is 28.9 Å². The fourth-order valence-electron chi connectivity index (χ4n) is 1.46. The van der Waals surface area contributed by atoms with Gasteiger partial charge in [0.15, 0.2) is 5.58 Å². The average molecular weight is 267 g/mol. The van der Waals surface area contributed by atoms with E-state index in [2.05, 4.69) is 0 Å². The highest BCUT2D eigenvalue weighted by Gasteiger charge is 2.28. The molecule has 2 aromatic rings. The van der Waals surface area contributed by atoms with Gasteiger partial charge in [-0.25, -0.2) is 0 Å². The minimum atomic E-state index is -0.630. The number of hydrogen-bond donors (Lipinski definition) is 1. The van der Waals surface area contributed by atoms with E-state index < -0.39 is 5.97 Å². The number of aliphatic carboxylic acids is 1. The largest absolute Gasteiger partial charge is 0.481 e. The molecule has 1 fully saturated rings. The monoisotopic (exact) mass is 266 g/mol. The molecule has 0 spiro atoms. The summed E-state index contributed by atoms with van der Waals surface area (Å²) in [6.45, 7) is 0. The molecule has 0 saturated heterocycles. The first-order valence-corrected chi connectivity index (χ1v) is 5.84. The second-order valence-electron chi connectivity index (χ2n) is 4.07. The van der Waals surface area contributed by atoms with Crippen LogP contribution in [0.5, 0.6) is 0 Å². The van der Waals surface area contributed by atoms with Crippen molar-refractivity contribution < 1.29 is 19.1 Å². The molecule has 1 heterocycles. The predicted molar refractivity (Wildman–Crippen MR) is 67.0 cm³/mol. The van der Waals surface area contributed by atoms with Gasteiger partial charge in [-0.05, 0) is 31.0 Å². The number of fused-ring (bicyclic) bond motifs is 1. The maximum Gasteiger partial charge on any atom is 0.306 e. The third-order valence-electron chi connectivity index (χ3n) is 2.59. The van der Waals surface area contributed by atoms with E-state index in [0.29, 0.717) is 16.2 Å². The summed E-state index contributed by atoms with van der Waals surface area (Å²) in [4.78, 5) is 20.2. The first kappa shape index (κ1) is 12.6. The van der Waals surface area contributed by atoms with Crippen molar-refractivity contribution in [1.29, 1.82) is 0 Å². The van der Waals surface area contributed by atoms with Gasteiger partial charge in [0.1, 0.15) is 6.29 Å². The molecule has 1 aliphatic carbocycles. The molecule has 1 N–H and O–H groups in total. The topological polar surface area (TPSA) is 67.5 Å². The molecule has 0 aliphatic heterocycles. The van der Waals surface area contributed by atoms with Crippen molar-refractivity contribution >= 4 is 34.8 Å². The minimum Gasteiger partial charge on any atom is -0.481 e. The number of hydrogen-bond acceptors (Lipinski definition) is 3. The summed E-state index contributed by atoms with van der Waals surface area (Å²) in [6, 6.07) is 5.09. The van der Waals surface area contributed by atoms with Gasteiger partial charge in [0, 0.05) is 10.9 Å². The number of aldehydes is 1. The van der Waals surface area contributed by atoms with Crippen LogP contribution in [0.1, 0.15) is 23.2 Å². The van der Waals surface area contributed by atoms with E-state index in [-0.39, 0.29) is 5.92 Å². The highest BCUT2D eigenvalue weighted by molar-refractivity contribution is 6.35. The van der Waals surface area contributed by atoms with Gasteiger partial charge in [-0.15, -0.1) is 0 Å². The Hall–Kier alpha value is -1.81. The second-order valence-corrected chi connectivity index (χ2v) is 4.48. The molecule has 1 saturated carbocycles. The standard InChI is InChI=1S/C9H5ClO2.C4H6O2/c10-8-4-6(5-11)3-7-1-2-12-9(7)8;5-4(6)3-1-2-3/h1-5H;3H,1-2H2,(H,5,6). The number of furan rings is 1. The molecule has 0 radical (unpaired) electrons. The van der Waals surface area contributed by atoms with Crippen molar-refractivity contribution in [2.45, 2.75) is 12.8 Å². The maximum absolute atomic E-state index is 10.4. The highest BCUT2D eigenvalue weighted by atomic mass is 35.5. The third kappa shape index (κ3) is 2.90. The van der Waals surface area contributed by atoms with E-state index in [1.807, 2.05) is 0 Å². The lowest BCUT2D eigenvalue weighted by atomic mass is 10.2. The number of benzene rings is 1. The highest BCUT2D eigenvalue weighted by Crippen LogP contribution is 2.28. The minimum absolute atomic E-state index is 0.0185. The summed E-state index contributed by atoms with van der Waals surface area (Å²) in [5, 5.41) is 9.38. The third-order valence-corrected chi connectivity index (χ3v) is 2.87. The van der Waals surface area contributed by atoms with Gasteiger partial charge in [0.25, 0.3) is 0 Å². The Balaban J connectivity index is 0.000000169. The van der Waals surface area contributed by atoms with Crippen LogP contribution < -0.4 is 0 Å². The van der Waals surface area contributed by atoms with Gasteiger partial charge in [0.2, 0.25) is 0 Å². The molecule has 18 heavy (non-hydrogen) atoms. The van der Waals surface area contributed by atoms with E-state index in [1.54, 1.807) is 24.5 Å². The second kappa shape index (κ2) is 5.23. The molecule has 5 heteroatoms. The van der Waals surface area contributed by atoms with Crippen LogP contribution in [-0.4, -0.2) is 17.4 Å². The normalized spacial score (nSPS) is 13.8. The van der Waals surface area contributed by atoms with Crippen molar-refractivity contribution in [3.8, 4) is 0 Å². The van der Waals surface area contributed by atoms with Crippen LogP contribution in [0, 0.1) is 5.92 Å². The van der Waals surface area contributed by atoms with Crippen LogP contribution in [0.2, 0.25) is 5.02 Å². The zero-order valence-electron chi connectivity index (χ0n) is 9.43. The number of carboxylic acid groups (broad SMARTS) is 1. The number of carbonyl (C=O) groups excluding carboxylic acids is 1. The van der Waals surface area contributed by atoms with E-state index >= 15 is 0 Å². The predicted octanol–water partition coefficient (Wildman–Crippen LogP) is 3.38. The Labute approximate surface area is 108 Å².